The monoisotopic (exact) mass is 345 g/mol. The molecule has 2 heterocycles. The highest BCUT2D eigenvalue weighted by molar-refractivity contribution is 7.10. The zero-order chi connectivity index (χ0) is 16.9. The first-order valence-electron chi connectivity index (χ1n) is 7.37. The normalized spacial score (nSPS) is 13.8. The van der Waals surface area contributed by atoms with Crippen molar-refractivity contribution in [1.82, 2.24) is 4.90 Å². The fourth-order valence-corrected chi connectivity index (χ4v) is 3.39. The van der Waals surface area contributed by atoms with Crippen molar-refractivity contribution < 1.29 is 14.6 Å². The van der Waals surface area contributed by atoms with Crippen molar-refractivity contribution in [2.75, 3.05) is 13.2 Å². The van der Waals surface area contributed by atoms with Crippen LogP contribution in [0, 0.1) is 10.1 Å². The van der Waals surface area contributed by atoms with E-state index in [1.165, 1.54) is 22.7 Å². The Morgan fingerprint density at radius 2 is 2.25 bits per heavy atom. The van der Waals surface area contributed by atoms with Gasteiger partial charge in [0.05, 0.1) is 16.7 Å². The number of hydrogen-bond acceptors (Lipinski definition) is 6. The van der Waals surface area contributed by atoms with E-state index in [0.717, 1.165) is 6.42 Å². The van der Waals surface area contributed by atoms with Crippen LogP contribution in [0.1, 0.15) is 16.0 Å². The fourth-order valence-electron chi connectivity index (χ4n) is 2.50. The second kappa shape index (κ2) is 7.22. The number of rotatable bonds is 5. The van der Waals surface area contributed by atoms with Crippen LogP contribution in [-0.2, 0) is 22.6 Å². The van der Waals surface area contributed by atoms with Crippen LogP contribution < -0.4 is 0 Å². The predicted molar refractivity (Wildman–Crippen MR) is 90.1 cm³/mol. The second-order valence-electron chi connectivity index (χ2n) is 5.26. The summed E-state index contributed by atoms with van der Waals surface area (Å²) in [6.07, 6.45) is 2.11. The van der Waals surface area contributed by atoms with Crippen molar-refractivity contribution >= 4 is 29.1 Å². The van der Waals surface area contributed by atoms with Crippen molar-refractivity contribution in [3.63, 3.8) is 0 Å². The lowest BCUT2D eigenvalue weighted by Crippen LogP contribution is -2.37. The minimum absolute atomic E-state index is 0.0582. The Bertz CT molecular complexity index is 787. The molecule has 1 amide bonds. The first kappa shape index (κ1) is 16.1. The smallest absolute Gasteiger partial charge is 0.278 e. The van der Waals surface area contributed by atoms with Crippen LogP contribution in [0.2, 0.25) is 0 Å². The second-order valence-corrected chi connectivity index (χ2v) is 6.26. The van der Waals surface area contributed by atoms with Gasteiger partial charge in [-0.05, 0) is 29.5 Å². The quantitative estimate of drug-likeness (QED) is 0.473. The van der Waals surface area contributed by atoms with Crippen LogP contribution in [0.3, 0.4) is 0 Å². The summed E-state index contributed by atoms with van der Waals surface area (Å²) < 4.78 is 0. The minimum Gasteiger partial charge on any atom is -0.386 e. The van der Waals surface area contributed by atoms with E-state index in [1.807, 2.05) is 11.4 Å². The molecule has 7 nitrogen and oxygen atoms in total. The van der Waals surface area contributed by atoms with E-state index < -0.39 is 4.92 Å². The van der Waals surface area contributed by atoms with Crippen LogP contribution >= 0.6 is 11.3 Å². The number of oxime groups is 1. The molecule has 1 aromatic heterocycles. The third-order valence-corrected chi connectivity index (χ3v) is 4.77. The third-order valence-electron chi connectivity index (χ3n) is 3.75. The summed E-state index contributed by atoms with van der Waals surface area (Å²) in [5, 5.41) is 16.6. The standard InChI is InChI=1S/C16H15N3O4S/c20-16(18-7-5-15-13(10-18)6-8-24-15)11-23-17-9-12-3-1-2-4-14(12)19(21)22/h1-4,6,8-9H,5,7,10-11H2/b17-9+. The molecular formula is C16H15N3O4S. The average molecular weight is 345 g/mol. The molecule has 0 saturated heterocycles. The first-order chi connectivity index (χ1) is 11.6. The number of carbonyl (C=O) groups excluding carboxylic acids is 1. The summed E-state index contributed by atoms with van der Waals surface area (Å²) in [4.78, 5) is 30.6. The molecule has 0 aliphatic carbocycles. The van der Waals surface area contributed by atoms with E-state index >= 15 is 0 Å². The van der Waals surface area contributed by atoms with E-state index in [0.29, 0.717) is 18.7 Å². The zero-order valence-corrected chi connectivity index (χ0v) is 13.6. The Hall–Kier alpha value is -2.74. The molecule has 124 valence electrons. The molecule has 0 atom stereocenters. The number of carbonyl (C=O) groups is 1. The molecule has 8 heteroatoms. The summed E-state index contributed by atoms with van der Waals surface area (Å²) in [5.41, 5.74) is 1.45. The van der Waals surface area contributed by atoms with Gasteiger partial charge in [-0.1, -0.05) is 17.3 Å². The van der Waals surface area contributed by atoms with Gasteiger partial charge < -0.3 is 9.74 Å². The Kier molecular flexibility index (Phi) is 4.85. The van der Waals surface area contributed by atoms with Crippen LogP contribution in [0.15, 0.2) is 40.9 Å². The topological polar surface area (TPSA) is 85.0 Å². The van der Waals surface area contributed by atoms with Crippen LogP contribution in [0.4, 0.5) is 5.69 Å². The maximum Gasteiger partial charge on any atom is 0.278 e. The molecule has 24 heavy (non-hydrogen) atoms. The SMILES string of the molecule is O=C(CO/N=C/c1ccccc1[N+](=O)[O-])N1CCc2sccc2C1. The molecule has 1 aliphatic heterocycles. The van der Waals surface area contributed by atoms with Gasteiger partial charge in [-0.15, -0.1) is 11.3 Å². The number of nitro benzene ring substituents is 1. The molecule has 0 fully saturated rings. The number of thiophene rings is 1. The number of para-hydroxylation sites is 1. The summed E-state index contributed by atoms with van der Waals surface area (Å²) in [6.45, 7) is 1.08. The molecular weight excluding hydrogens is 330 g/mol. The third kappa shape index (κ3) is 3.60. The number of fused-ring (bicyclic) bond motifs is 1. The number of benzene rings is 1. The maximum absolute atomic E-state index is 12.1. The van der Waals surface area contributed by atoms with Gasteiger partial charge in [0.15, 0.2) is 6.61 Å². The van der Waals surface area contributed by atoms with Crippen molar-refractivity contribution in [3.8, 4) is 0 Å². The summed E-state index contributed by atoms with van der Waals surface area (Å²) >= 11 is 1.71. The molecule has 0 N–H and O–H groups in total. The fraction of sp³-hybridized carbons (Fsp3) is 0.250. The summed E-state index contributed by atoms with van der Waals surface area (Å²) in [5.74, 6) is -0.147. The molecule has 0 radical (unpaired) electrons. The Balaban J connectivity index is 1.53. The van der Waals surface area contributed by atoms with E-state index in [2.05, 4.69) is 5.16 Å². The van der Waals surface area contributed by atoms with E-state index in [1.54, 1.807) is 34.4 Å². The van der Waals surface area contributed by atoms with Crippen LogP contribution in [0.25, 0.3) is 0 Å². The van der Waals surface area contributed by atoms with Crippen LogP contribution in [-0.4, -0.2) is 35.1 Å². The molecule has 0 spiro atoms. The molecule has 2 aromatic rings. The van der Waals surface area contributed by atoms with Crippen molar-refractivity contribution in [3.05, 3.63) is 61.8 Å². The van der Waals surface area contributed by atoms with Gasteiger partial charge in [-0.2, -0.15) is 0 Å². The van der Waals surface area contributed by atoms with E-state index in [9.17, 15) is 14.9 Å². The van der Waals surface area contributed by atoms with Crippen molar-refractivity contribution in [2.24, 2.45) is 5.16 Å². The van der Waals surface area contributed by atoms with Gasteiger partial charge in [0.25, 0.3) is 11.6 Å². The Labute approximate surface area is 142 Å². The molecule has 3 rings (SSSR count). The van der Waals surface area contributed by atoms with Gasteiger partial charge in [0, 0.05) is 24.0 Å². The van der Waals surface area contributed by atoms with Gasteiger partial charge in [0.1, 0.15) is 0 Å². The lowest BCUT2D eigenvalue weighted by atomic mass is 10.1. The van der Waals surface area contributed by atoms with Gasteiger partial charge in [0.2, 0.25) is 0 Å². The highest BCUT2D eigenvalue weighted by Gasteiger charge is 2.21. The molecule has 0 bridgehead atoms. The van der Waals surface area contributed by atoms with Gasteiger partial charge >= 0.3 is 0 Å². The summed E-state index contributed by atoms with van der Waals surface area (Å²) in [6, 6.07) is 8.24. The highest BCUT2D eigenvalue weighted by Crippen LogP contribution is 2.24. The van der Waals surface area contributed by atoms with Crippen LogP contribution in [0.5, 0.6) is 0 Å². The van der Waals surface area contributed by atoms with Crippen molar-refractivity contribution in [2.45, 2.75) is 13.0 Å². The van der Waals surface area contributed by atoms with E-state index in [-0.39, 0.29) is 18.2 Å². The lowest BCUT2D eigenvalue weighted by molar-refractivity contribution is -0.385. The number of amides is 1. The molecule has 1 aliphatic rings. The number of nitrogens with zero attached hydrogens (tertiary/aromatic N) is 3. The van der Waals surface area contributed by atoms with Gasteiger partial charge in [-0.25, -0.2) is 0 Å². The summed E-state index contributed by atoms with van der Waals surface area (Å²) in [7, 11) is 0. The lowest BCUT2D eigenvalue weighted by Gasteiger charge is -2.26. The van der Waals surface area contributed by atoms with Crippen molar-refractivity contribution in [1.29, 1.82) is 0 Å². The Morgan fingerprint density at radius 3 is 3.08 bits per heavy atom. The molecule has 0 unspecified atom stereocenters. The largest absolute Gasteiger partial charge is 0.386 e. The average Bonchev–Trinajstić information content (AvgIpc) is 3.06. The predicted octanol–water partition coefficient (Wildman–Crippen LogP) is 2.59. The number of hydrogen-bond donors (Lipinski definition) is 0. The van der Waals surface area contributed by atoms with Gasteiger partial charge in [-0.3, -0.25) is 14.9 Å². The highest BCUT2D eigenvalue weighted by atomic mass is 32.1. The maximum atomic E-state index is 12.1. The minimum atomic E-state index is -0.487. The van der Waals surface area contributed by atoms with E-state index in [4.69, 9.17) is 4.84 Å². The first-order valence-corrected chi connectivity index (χ1v) is 8.25. The zero-order valence-electron chi connectivity index (χ0n) is 12.8. The molecule has 1 aromatic carbocycles. The Morgan fingerprint density at radius 1 is 1.42 bits per heavy atom. The number of nitro groups is 1. The molecule has 0 saturated carbocycles.